The Morgan fingerprint density at radius 3 is 2.67 bits per heavy atom. The van der Waals surface area contributed by atoms with Gasteiger partial charge in [0.05, 0.1) is 19.3 Å². The second-order valence-corrected chi connectivity index (χ2v) is 6.01. The van der Waals surface area contributed by atoms with Crippen molar-refractivity contribution in [3.05, 3.63) is 34.9 Å². The van der Waals surface area contributed by atoms with E-state index in [1.165, 1.54) is 42.4 Å². The third kappa shape index (κ3) is 3.38. The van der Waals surface area contributed by atoms with Crippen LogP contribution in [0.1, 0.15) is 42.5 Å². The summed E-state index contributed by atoms with van der Waals surface area (Å²) in [6.07, 6.45) is 4.96. The molecule has 21 heavy (non-hydrogen) atoms. The molecular formula is C17H24N2O2. The zero-order valence-corrected chi connectivity index (χ0v) is 12.7. The van der Waals surface area contributed by atoms with Crippen LogP contribution in [-0.2, 0) is 17.6 Å². The summed E-state index contributed by atoms with van der Waals surface area (Å²) in [5, 5.41) is 3.10. The summed E-state index contributed by atoms with van der Waals surface area (Å²) in [7, 11) is 0. The maximum atomic E-state index is 12.2. The maximum absolute atomic E-state index is 12.2. The molecule has 1 saturated heterocycles. The minimum Gasteiger partial charge on any atom is -0.378 e. The molecule has 2 amide bonds. The Bertz CT molecular complexity index is 510. The SMILES string of the molecule is C[C@@H](NC(=O)N1CCOCC1)c1ccc2c(c1)CCCC2. The van der Waals surface area contributed by atoms with Gasteiger partial charge in [-0.15, -0.1) is 0 Å². The summed E-state index contributed by atoms with van der Waals surface area (Å²) >= 11 is 0. The number of rotatable bonds is 2. The number of ether oxygens (including phenoxy) is 1. The van der Waals surface area contributed by atoms with Crippen molar-refractivity contribution < 1.29 is 9.53 Å². The van der Waals surface area contributed by atoms with Gasteiger partial charge in [0.25, 0.3) is 0 Å². The fourth-order valence-corrected chi connectivity index (χ4v) is 3.15. The van der Waals surface area contributed by atoms with Gasteiger partial charge < -0.3 is 15.0 Å². The molecule has 1 aliphatic carbocycles. The van der Waals surface area contributed by atoms with Gasteiger partial charge in [-0.3, -0.25) is 0 Å². The zero-order chi connectivity index (χ0) is 14.7. The molecule has 1 aromatic rings. The minimum atomic E-state index is 0.0171. The van der Waals surface area contributed by atoms with Crippen molar-refractivity contribution in [2.75, 3.05) is 26.3 Å². The van der Waals surface area contributed by atoms with E-state index in [2.05, 4.69) is 30.4 Å². The molecule has 4 heteroatoms. The van der Waals surface area contributed by atoms with E-state index in [1.807, 2.05) is 4.90 Å². The van der Waals surface area contributed by atoms with E-state index in [-0.39, 0.29) is 12.1 Å². The van der Waals surface area contributed by atoms with Gasteiger partial charge in [-0.1, -0.05) is 18.2 Å². The average Bonchev–Trinajstić information content (AvgIpc) is 2.55. The first kappa shape index (κ1) is 14.4. The van der Waals surface area contributed by atoms with Crippen LogP contribution in [-0.4, -0.2) is 37.2 Å². The summed E-state index contributed by atoms with van der Waals surface area (Å²) in [6, 6.07) is 6.74. The van der Waals surface area contributed by atoms with Gasteiger partial charge >= 0.3 is 6.03 Å². The first-order valence-electron chi connectivity index (χ1n) is 7.99. The highest BCUT2D eigenvalue weighted by Gasteiger charge is 2.19. The van der Waals surface area contributed by atoms with E-state index in [4.69, 9.17) is 4.74 Å². The zero-order valence-electron chi connectivity index (χ0n) is 12.7. The number of aryl methyl sites for hydroxylation is 2. The fourth-order valence-electron chi connectivity index (χ4n) is 3.15. The molecule has 4 nitrogen and oxygen atoms in total. The largest absolute Gasteiger partial charge is 0.378 e. The second kappa shape index (κ2) is 6.48. The van der Waals surface area contributed by atoms with Gasteiger partial charge in [-0.2, -0.15) is 0 Å². The minimum absolute atomic E-state index is 0.0171. The van der Waals surface area contributed by atoms with Crippen LogP contribution in [0.25, 0.3) is 0 Å². The maximum Gasteiger partial charge on any atom is 0.318 e. The van der Waals surface area contributed by atoms with E-state index in [0.29, 0.717) is 26.3 Å². The van der Waals surface area contributed by atoms with Crippen LogP contribution < -0.4 is 5.32 Å². The first-order chi connectivity index (χ1) is 10.2. The van der Waals surface area contributed by atoms with Crippen molar-refractivity contribution >= 4 is 6.03 Å². The van der Waals surface area contributed by atoms with Gasteiger partial charge in [0.2, 0.25) is 0 Å². The molecule has 0 saturated carbocycles. The van der Waals surface area contributed by atoms with Gasteiger partial charge in [0, 0.05) is 13.1 Å². The normalized spacial score (nSPS) is 19.8. The highest BCUT2D eigenvalue weighted by Crippen LogP contribution is 2.24. The number of fused-ring (bicyclic) bond motifs is 1. The summed E-state index contributed by atoms with van der Waals surface area (Å²) < 4.78 is 5.28. The predicted molar refractivity (Wildman–Crippen MR) is 82.4 cm³/mol. The first-order valence-corrected chi connectivity index (χ1v) is 7.99. The van der Waals surface area contributed by atoms with Crippen LogP contribution in [0.3, 0.4) is 0 Å². The van der Waals surface area contributed by atoms with Crippen LogP contribution >= 0.6 is 0 Å². The molecule has 114 valence electrons. The molecule has 0 unspecified atom stereocenters. The van der Waals surface area contributed by atoms with Gasteiger partial charge in [0.1, 0.15) is 0 Å². The summed E-state index contributed by atoms with van der Waals surface area (Å²) in [5.41, 5.74) is 4.15. The van der Waals surface area contributed by atoms with Crippen molar-refractivity contribution in [2.45, 2.75) is 38.6 Å². The van der Waals surface area contributed by atoms with E-state index >= 15 is 0 Å². The fraction of sp³-hybridized carbons (Fsp3) is 0.588. The van der Waals surface area contributed by atoms with Crippen LogP contribution in [0, 0.1) is 0 Å². The molecule has 0 radical (unpaired) electrons. The lowest BCUT2D eigenvalue weighted by atomic mass is 9.89. The molecule has 1 atom stereocenters. The molecule has 1 heterocycles. The molecular weight excluding hydrogens is 264 g/mol. The van der Waals surface area contributed by atoms with E-state index in [1.54, 1.807) is 0 Å². The number of nitrogens with zero attached hydrogens (tertiary/aromatic N) is 1. The predicted octanol–water partition coefficient (Wildman–Crippen LogP) is 2.67. The Balaban J connectivity index is 1.64. The number of hydrogen-bond donors (Lipinski definition) is 1. The number of carbonyl (C=O) groups is 1. The number of hydrogen-bond acceptors (Lipinski definition) is 2. The van der Waals surface area contributed by atoms with Crippen LogP contribution in [0.2, 0.25) is 0 Å². The lowest BCUT2D eigenvalue weighted by Gasteiger charge is -2.29. The molecule has 1 aromatic carbocycles. The number of benzene rings is 1. The molecule has 3 rings (SSSR count). The quantitative estimate of drug-likeness (QED) is 0.909. The van der Waals surface area contributed by atoms with Gasteiger partial charge in [-0.25, -0.2) is 4.79 Å². The van der Waals surface area contributed by atoms with Crippen molar-refractivity contribution in [1.29, 1.82) is 0 Å². The van der Waals surface area contributed by atoms with Gasteiger partial charge in [-0.05, 0) is 49.3 Å². The standard InChI is InChI=1S/C17H24N2O2/c1-13(18-17(20)19-8-10-21-11-9-19)15-7-6-14-4-2-3-5-16(14)12-15/h6-7,12-13H,2-5,8-11H2,1H3,(H,18,20)/t13-/m1/s1. The molecule has 2 aliphatic rings. The Morgan fingerprint density at radius 1 is 1.19 bits per heavy atom. The highest BCUT2D eigenvalue weighted by molar-refractivity contribution is 5.74. The Labute approximate surface area is 126 Å². The Hall–Kier alpha value is -1.55. The van der Waals surface area contributed by atoms with E-state index < -0.39 is 0 Å². The molecule has 0 aromatic heterocycles. The summed E-state index contributed by atoms with van der Waals surface area (Å²) in [6.45, 7) is 4.70. The van der Waals surface area contributed by atoms with E-state index in [0.717, 1.165) is 0 Å². The monoisotopic (exact) mass is 288 g/mol. The summed E-state index contributed by atoms with van der Waals surface area (Å²) in [5.74, 6) is 0. The van der Waals surface area contributed by atoms with Crippen LogP contribution in [0.15, 0.2) is 18.2 Å². The third-order valence-electron chi connectivity index (χ3n) is 4.51. The van der Waals surface area contributed by atoms with Gasteiger partial charge in [0.15, 0.2) is 0 Å². The van der Waals surface area contributed by atoms with Crippen LogP contribution in [0.5, 0.6) is 0 Å². The number of carbonyl (C=O) groups excluding carboxylic acids is 1. The van der Waals surface area contributed by atoms with Crippen molar-refractivity contribution in [3.63, 3.8) is 0 Å². The lowest BCUT2D eigenvalue weighted by Crippen LogP contribution is -2.46. The van der Waals surface area contributed by atoms with Crippen molar-refractivity contribution in [1.82, 2.24) is 10.2 Å². The Morgan fingerprint density at radius 2 is 1.90 bits per heavy atom. The highest BCUT2D eigenvalue weighted by atomic mass is 16.5. The number of morpholine rings is 1. The number of nitrogens with one attached hydrogen (secondary N) is 1. The molecule has 1 aliphatic heterocycles. The Kier molecular flexibility index (Phi) is 4.44. The van der Waals surface area contributed by atoms with Crippen LogP contribution in [0.4, 0.5) is 4.79 Å². The topological polar surface area (TPSA) is 41.6 Å². The van der Waals surface area contributed by atoms with Crippen molar-refractivity contribution in [3.8, 4) is 0 Å². The second-order valence-electron chi connectivity index (χ2n) is 6.01. The lowest BCUT2D eigenvalue weighted by molar-refractivity contribution is 0.0526. The van der Waals surface area contributed by atoms with E-state index in [9.17, 15) is 4.79 Å². The average molecular weight is 288 g/mol. The third-order valence-corrected chi connectivity index (χ3v) is 4.51. The molecule has 0 bridgehead atoms. The smallest absolute Gasteiger partial charge is 0.318 e. The summed E-state index contributed by atoms with van der Waals surface area (Å²) in [4.78, 5) is 14.1. The van der Waals surface area contributed by atoms with Crippen molar-refractivity contribution in [2.24, 2.45) is 0 Å². The molecule has 0 spiro atoms. The molecule has 1 fully saturated rings. The number of urea groups is 1. The number of amides is 2. The molecule has 1 N–H and O–H groups in total.